The topological polar surface area (TPSA) is 32.7 Å². The fraction of sp³-hybridized carbons (Fsp3) is 0.647. The molecule has 0 spiro atoms. The maximum Gasteiger partial charge on any atom is 0.122 e. The van der Waals surface area contributed by atoms with Gasteiger partial charge in [0.15, 0.2) is 0 Å². The molecule has 1 aliphatic carbocycles. The normalized spacial score (nSPS) is 17.3. The van der Waals surface area contributed by atoms with E-state index in [0.717, 1.165) is 11.3 Å². The highest BCUT2D eigenvalue weighted by atomic mass is 35.5. The van der Waals surface area contributed by atoms with Crippen LogP contribution in [0.2, 0.25) is 0 Å². The lowest BCUT2D eigenvalue weighted by molar-refractivity contribution is 0.0559. The van der Waals surface area contributed by atoms with Crippen LogP contribution >= 0.6 is 12.4 Å². The number of aryl methyl sites for hydroxylation is 1. The van der Waals surface area contributed by atoms with Crippen LogP contribution in [0.15, 0.2) is 24.3 Å². The number of nitrogens with zero attached hydrogens (tertiary/aromatic N) is 1. The minimum atomic E-state index is -0.429. The van der Waals surface area contributed by atoms with Gasteiger partial charge in [0.25, 0.3) is 0 Å². The standard InChI is InChI=1S/C17H27NO2.ClH/c1-14-8-6-7-11-17(14)20-13-16(19)12-18(2)15-9-4-3-5-10-15;/h6-8,11,15-16,19H,3-5,9-10,12-13H2,1-2H3;1H. The van der Waals surface area contributed by atoms with Gasteiger partial charge in [-0.25, -0.2) is 0 Å². The molecule has 1 unspecified atom stereocenters. The van der Waals surface area contributed by atoms with Gasteiger partial charge < -0.3 is 14.7 Å². The first-order valence-corrected chi connectivity index (χ1v) is 7.73. The number of para-hydroxylation sites is 1. The third-order valence-corrected chi connectivity index (χ3v) is 4.22. The molecule has 0 aliphatic heterocycles. The predicted octanol–water partition coefficient (Wildman–Crippen LogP) is 3.42. The first-order chi connectivity index (χ1) is 9.66. The number of ether oxygens (including phenoxy) is 1. The number of hydrogen-bond donors (Lipinski definition) is 1. The predicted molar refractivity (Wildman–Crippen MR) is 89.4 cm³/mol. The molecule has 120 valence electrons. The Bertz CT molecular complexity index is 408. The second-order valence-corrected chi connectivity index (χ2v) is 5.96. The molecule has 1 saturated carbocycles. The number of aliphatic hydroxyl groups excluding tert-OH is 1. The maximum absolute atomic E-state index is 10.1. The average Bonchev–Trinajstić information content (AvgIpc) is 2.47. The summed E-state index contributed by atoms with van der Waals surface area (Å²) in [7, 11) is 2.12. The van der Waals surface area contributed by atoms with E-state index >= 15 is 0 Å². The molecule has 0 heterocycles. The summed E-state index contributed by atoms with van der Waals surface area (Å²) in [5.74, 6) is 0.867. The van der Waals surface area contributed by atoms with E-state index in [1.807, 2.05) is 31.2 Å². The summed E-state index contributed by atoms with van der Waals surface area (Å²) in [5, 5.41) is 10.1. The van der Waals surface area contributed by atoms with Gasteiger partial charge in [0.1, 0.15) is 18.5 Å². The van der Waals surface area contributed by atoms with Crippen molar-refractivity contribution >= 4 is 12.4 Å². The van der Waals surface area contributed by atoms with Gasteiger partial charge in [-0.3, -0.25) is 0 Å². The van der Waals surface area contributed by atoms with Gasteiger partial charge in [-0.05, 0) is 38.4 Å². The summed E-state index contributed by atoms with van der Waals surface area (Å²) >= 11 is 0. The van der Waals surface area contributed by atoms with Crippen molar-refractivity contribution in [3.05, 3.63) is 29.8 Å². The van der Waals surface area contributed by atoms with Crippen LogP contribution in [0.1, 0.15) is 37.7 Å². The molecule has 2 rings (SSSR count). The molecular formula is C17H28ClNO2. The molecule has 1 aromatic carbocycles. The summed E-state index contributed by atoms with van der Waals surface area (Å²) in [4.78, 5) is 2.30. The number of halogens is 1. The van der Waals surface area contributed by atoms with Crippen LogP contribution in [0.3, 0.4) is 0 Å². The first-order valence-electron chi connectivity index (χ1n) is 7.73. The van der Waals surface area contributed by atoms with Gasteiger partial charge in [-0.15, -0.1) is 12.4 Å². The Balaban J connectivity index is 0.00000220. The lowest BCUT2D eigenvalue weighted by atomic mass is 9.94. The number of rotatable bonds is 6. The zero-order valence-corrected chi connectivity index (χ0v) is 13.9. The SMILES string of the molecule is Cc1ccccc1OCC(O)CN(C)C1CCCCC1.Cl. The first kappa shape index (κ1) is 18.3. The molecule has 21 heavy (non-hydrogen) atoms. The summed E-state index contributed by atoms with van der Waals surface area (Å²) in [6.07, 6.45) is 6.12. The molecule has 0 radical (unpaired) electrons. The molecular weight excluding hydrogens is 286 g/mol. The van der Waals surface area contributed by atoms with Gasteiger partial charge in [0.05, 0.1) is 0 Å². The summed E-state index contributed by atoms with van der Waals surface area (Å²) in [6, 6.07) is 8.57. The third kappa shape index (κ3) is 5.85. The Kier molecular flexibility index (Phi) is 8.09. The molecule has 4 heteroatoms. The number of aliphatic hydroxyl groups is 1. The highest BCUT2D eigenvalue weighted by molar-refractivity contribution is 5.85. The Morgan fingerprint density at radius 1 is 1.24 bits per heavy atom. The van der Waals surface area contributed by atoms with E-state index in [1.54, 1.807) is 0 Å². The fourth-order valence-corrected chi connectivity index (χ4v) is 2.96. The van der Waals surface area contributed by atoms with Gasteiger partial charge in [-0.1, -0.05) is 37.5 Å². The van der Waals surface area contributed by atoms with E-state index < -0.39 is 6.10 Å². The lowest BCUT2D eigenvalue weighted by Gasteiger charge is -2.32. The van der Waals surface area contributed by atoms with Crippen molar-refractivity contribution in [3.63, 3.8) is 0 Å². The number of benzene rings is 1. The van der Waals surface area contributed by atoms with Crippen LogP contribution in [-0.2, 0) is 0 Å². The molecule has 0 aromatic heterocycles. The second kappa shape index (κ2) is 9.29. The summed E-state index contributed by atoms with van der Waals surface area (Å²) in [5.41, 5.74) is 1.11. The van der Waals surface area contributed by atoms with Gasteiger partial charge in [0.2, 0.25) is 0 Å². The van der Waals surface area contributed by atoms with Crippen molar-refractivity contribution in [1.29, 1.82) is 0 Å². The van der Waals surface area contributed by atoms with Crippen LogP contribution in [-0.4, -0.2) is 42.4 Å². The quantitative estimate of drug-likeness (QED) is 0.873. The summed E-state index contributed by atoms with van der Waals surface area (Å²) < 4.78 is 5.71. The number of likely N-dealkylation sites (N-methyl/N-ethyl adjacent to an activating group) is 1. The highest BCUT2D eigenvalue weighted by Crippen LogP contribution is 2.22. The van der Waals surface area contributed by atoms with Crippen molar-refractivity contribution in [3.8, 4) is 5.75 Å². The molecule has 0 saturated heterocycles. The van der Waals surface area contributed by atoms with E-state index in [-0.39, 0.29) is 12.4 Å². The van der Waals surface area contributed by atoms with Crippen LogP contribution in [0.25, 0.3) is 0 Å². The molecule has 1 N–H and O–H groups in total. The second-order valence-electron chi connectivity index (χ2n) is 5.96. The van der Waals surface area contributed by atoms with Crippen molar-refractivity contribution in [2.45, 2.75) is 51.2 Å². The van der Waals surface area contributed by atoms with E-state index in [4.69, 9.17) is 4.74 Å². The minimum Gasteiger partial charge on any atom is -0.491 e. The van der Waals surface area contributed by atoms with Crippen molar-refractivity contribution in [1.82, 2.24) is 4.90 Å². The number of hydrogen-bond acceptors (Lipinski definition) is 3. The average molecular weight is 314 g/mol. The molecule has 3 nitrogen and oxygen atoms in total. The van der Waals surface area contributed by atoms with Crippen LogP contribution in [0.4, 0.5) is 0 Å². The van der Waals surface area contributed by atoms with Crippen LogP contribution in [0.5, 0.6) is 5.75 Å². The zero-order chi connectivity index (χ0) is 14.4. The maximum atomic E-state index is 10.1. The molecule has 1 aliphatic rings. The molecule has 0 bridgehead atoms. The van der Waals surface area contributed by atoms with Gasteiger partial charge in [0, 0.05) is 12.6 Å². The van der Waals surface area contributed by atoms with E-state index in [1.165, 1.54) is 32.1 Å². The van der Waals surface area contributed by atoms with Crippen LogP contribution < -0.4 is 4.74 Å². The Hall–Kier alpha value is -0.770. The zero-order valence-electron chi connectivity index (χ0n) is 13.1. The Labute approximate surface area is 134 Å². The van der Waals surface area contributed by atoms with E-state index in [2.05, 4.69) is 11.9 Å². The van der Waals surface area contributed by atoms with Crippen molar-refractivity contribution < 1.29 is 9.84 Å². The smallest absolute Gasteiger partial charge is 0.122 e. The van der Waals surface area contributed by atoms with Gasteiger partial charge in [-0.2, -0.15) is 0 Å². The monoisotopic (exact) mass is 313 g/mol. The largest absolute Gasteiger partial charge is 0.491 e. The van der Waals surface area contributed by atoms with Crippen molar-refractivity contribution in [2.24, 2.45) is 0 Å². The van der Waals surface area contributed by atoms with Gasteiger partial charge >= 0.3 is 0 Å². The molecule has 1 fully saturated rings. The van der Waals surface area contributed by atoms with Crippen molar-refractivity contribution in [2.75, 3.05) is 20.2 Å². The molecule has 1 aromatic rings. The van der Waals surface area contributed by atoms with E-state index in [9.17, 15) is 5.11 Å². The molecule has 0 amide bonds. The lowest BCUT2D eigenvalue weighted by Crippen LogP contribution is -2.40. The van der Waals surface area contributed by atoms with E-state index in [0.29, 0.717) is 19.2 Å². The molecule has 1 atom stereocenters. The summed E-state index contributed by atoms with van der Waals surface area (Å²) in [6.45, 7) is 3.08. The van der Waals surface area contributed by atoms with Crippen LogP contribution in [0, 0.1) is 6.92 Å². The Morgan fingerprint density at radius 2 is 1.90 bits per heavy atom. The highest BCUT2D eigenvalue weighted by Gasteiger charge is 2.20. The Morgan fingerprint density at radius 3 is 2.57 bits per heavy atom. The fourth-order valence-electron chi connectivity index (χ4n) is 2.96. The minimum absolute atomic E-state index is 0. The third-order valence-electron chi connectivity index (χ3n) is 4.22.